The van der Waals surface area contributed by atoms with Crippen LogP contribution in [0.25, 0.3) is 0 Å². The number of anilines is 1. The zero-order chi connectivity index (χ0) is 29.6. The second-order valence-electron chi connectivity index (χ2n) is 10.1. The van der Waals surface area contributed by atoms with Crippen LogP contribution >= 0.6 is 11.8 Å². The van der Waals surface area contributed by atoms with E-state index in [1.807, 2.05) is 86.6 Å². The lowest BCUT2D eigenvalue weighted by Crippen LogP contribution is -2.45. The summed E-state index contributed by atoms with van der Waals surface area (Å²) in [6, 6.07) is 21.9. The first kappa shape index (κ1) is 29.1. The number of ether oxygens (including phenoxy) is 1. The molecule has 42 heavy (non-hydrogen) atoms. The van der Waals surface area contributed by atoms with Gasteiger partial charge >= 0.3 is 0 Å². The first-order valence-electron chi connectivity index (χ1n) is 13.9. The van der Waals surface area contributed by atoms with Crippen LogP contribution in [0.5, 0.6) is 5.75 Å². The molecule has 0 aromatic heterocycles. The zero-order valence-electron chi connectivity index (χ0n) is 23.8. The van der Waals surface area contributed by atoms with Gasteiger partial charge in [0.2, 0.25) is 11.8 Å². The molecule has 2 heterocycles. The summed E-state index contributed by atoms with van der Waals surface area (Å²) < 4.78 is 5.37. The standard InChI is InChI=1S/C32H33N5O4S/c1-4-27(31(40)34-22-12-9-10-20(2)18-22)42-32-35-24-14-7-6-13-23(24)29-36-30(39)25(37(29)32)16-17-28(38)33-19-21-11-5-8-15-26(21)41-3/h5-15,18,25,27H,4,16-17,19H2,1-3H3,(H,33,38)(H,34,40). The smallest absolute Gasteiger partial charge is 0.270 e. The number of amides is 3. The molecule has 2 aliphatic heterocycles. The van der Waals surface area contributed by atoms with Gasteiger partial charge in [-0.2, -0.15) is 4.99 Å². The van der Waals surface area contributed by atoms with E-state index in [0.717, 1.165) is 22.4 Å². The highest BCUT2D eigenvalue weighted by Crippen LogP contribution is 2.37. The van der Waals surface area contributed by atoms with E-state index < -0.39 is 11.3 Å². The van der Waals surface area contributed by atoms with E-state index in [1.54, 1.807) is 12.0 Å². The first-order chi connectivity index (χ1) is 20.4. The van der Waals surface area contributed by atoms with Gasteiger partial charge in [0, 0.05) is 29.8 Å². The molecule has 3 aromatic carbocycles. The zero-order valence-corrected chi connectivity index (χ0v) is 24.6. The Bertz CT molecular complexity index is 1570. The number of benzene rings is 3. The summed E-state index contributed by atoms with van der Waals surface area (Å²) in [7, 11) is 1.59. The molecule has 2 unspecified atom stereocenters. The van der Waals surface area contributed by atoms with Crippen LogP contribution in [0.3, 0.4) is 0 Å². The quantitative estimate of drug-likeness (QED) is 0.339. The van der Waals surface area contributed by atoms with E-state index in [4.69, 9.17) is 9.73 Å². The number of methoxy groups -OCH3 is 1. The molecule has 0 spiro atoms. The van der Waals surface area contributed by atoms with Gasteiger partial charge in [0.15, 0.2) is 5.17 Å². The molecule has 2 N–H and O–H groups in total. The fraction of sp³-hybridized carbons (Fsp3) is 0.281. The van der Waals surface area contributed by atoms with Gasteiger partial charge in [0.1, 0.15) is 17.6 Å². The van der Waals surface area contributed by atoms with Gasteiger partial charge < -0.3 is 15.4 Å². The van der Waals surface area contributed by atoms with E-state index in [9.17, 15) is 14.4 Å². The number of fused-ring (bicyclic) bond motifs is 3. The van der Waals surface area contributed by atoms with Crippen molar-refractivity contribution in [2.75, 3.05) is 12.4 Å². The molecule has 0 bridgehead atoms. The van der Waals surface area contributed by atoms with Crippen LogP contribution in [-0.2, 0) is 20.9 Å². The Morgan fingerprint density at radius 3 is 2.62 bits per heavy atom. The van der Waals surface area contributed by atoms with Gasteiger partial charge in [-0.3, -0.25) is 19.3 Å². The van der Waals surface area contributed by atoms with Crippen LogP contribution in [-0.4, -0.2) is 52.0 Å². The molecule has 10 heteroatoms. The molecule has 2 aliphatic rings. The van der Waals surface area contributed by atoms with Crippen molar-refractivity contribution >= 4 is 51.9 Å². The Morgan fingerprint density at radius 1 is 1.05 bits per heavy atom. The SMILES string of the molecule is CCC(SC1=Nc2ccccc2C2=NC(=O)C(CCC(=O)NCc3ccccc3OC)N12)C(=O)Nc1cccc(C)c1. The van der Waals surface area contributed by atoms with Crippen LogP contribution in [0.15, 0.2) is 82.8 Å². The second kappa shape index (κ2) is 13.0. The van der Waals surface area contributed by atoms with Crippen molar-refractivity contribution in [1.82, 2.24) is 10.2 Å². The lowest BCUT2D eigenvalue weighted by molar-refractivity contribution is -0.122. The van der Waals surface area contributed by atoms with Crippen LogP contribution in [0, 0.1) is 6.92 Å². The number of nitrogens with one attached hydrogen (secondary N) is 2. The third-order valence-corrected chi connectivity index (χ3v) is 8.45. The van der Waals surface area contributed by atoms with Crippen LogP contribution < -0.4 is 15.4 Å². The monoisotopic (exact) mass is 583 g/mol. The second-order valence-corrected chi connectivity index (χ2v) is 11.2. The molecule has 0 fully saturated rings. The maximum atomic E-state index is 13.3. The molecule has 0 aliphatic carbocycles. The Morgan fingerprint density at radius 2 is 1.83 bits per heavy atom. The number of carbonyl (C=O) groups is 3. The van der Waals surface area contributed by atoms with Gasteiger partial charge in [-0.05, 0) is 55.7 Å². The fourth-order valence-corrected chi connectivity index (χ4v) is 6.02. The number of thioether (sulfide) groups is 1. The average Bonchev–Trinajstić information content (AvgIpc) is 3.33. The van der Waals surface area contributed by atoms with E-state index in [0.29, 0.717) is 35.4 Å². The van der Waals surface area contributed by atoms with Crippen LogP contribution in [0.2, 0.25) is 0 Å². The number of rotatable bonds is 10. The average molecular weight is 584 g/mol. The minimum atomic E-state index is -0.700. The lowest BCUT2D eigenvalue weighted by Gasteiger charge is -2.32. The number of nitrogens with zero attached hydrogens (tertiary/aromatic N) is 3. The summed E-state index contributed by atoms with van der Waals surface area (Å²) in [4.78, 5) is 50.4. The Balaban J connectivity index is 1.32. The number of amidine groups is 2. The summed E-state index contributed by atoms with van der Waals surface area (Å²) >= 11 is 1.31. The minimum absolute atomic E-state index is 0.121. The molecule has 216 valence electrons. The molecule has 0 radical (unpaired) electrons. The number of hydrogen-bond acceptors (Lipinski definition) is 7. The van der Waals surface area contributed by atoms with Crippen molar-refractivity contribution in [2.45, 2.75) is 50.9 Å². The van der Waals surface area contributed by atoms with E-state index in [2.05, 4.69) is 15.6 Å². The highest BCUT2D eigenvalue weighted by atomic mass is 32.2. The van der Waals surface area contributed by atoms with Gasteiger partial charge in [0.05, 0.1) is 18.0 Å². The van der Waals surface area contributed by atoms with Crippen molar-refractivity contribution in [2.24, 2.45) is 9.98 Å². The third-order valence-electron chi connectivity index (χ3n) is 7.12. The summed E-state index contributed by atoms with van der Waals surface area (Å²) in [5.41, 5.74) is 4.07. The topological polar surface area (TPSA) is 112 Å². The number of hydrogen-bond donors (Lipinski definition) is 2. The number of aryl methyl sites for hydroxylation is 1. The summed E-state index contributed by atoms with van der Waals surface area (Å²) in [5.74, 6) is 0.537. The molecular formula is C32H33N5O4S. The predicted octanol–water partition coefficient (Wildman–Crippen LogP) is 5.21. The van der Waals surface area contributed by atoms with Gasteiger partial charge in [-0.1, -0.05) is 61.2 Å². The van der Waals surface area contributed by atoms with E-state index in [-0.39, 0.29) is 30.6 Å². The molecule has 3 aromatic rings. The highest BCUT2D eigenvalue weighted by Gasteiger charge is 2.42. The Labute approximate surface area is 249 Å². The van der Waals surface area contributed by atoms with Crippen molar-refractivity contribution in [3.05, 3.63) is 89.5 Å². The van der Waals surface area contributed by atoms with E-state index >= 15 is 0 Å². The highest BCUT2D eigenvalue weighted by molar-refractivity contribution is 8.15. The van der Waals surface area contributed by atoms with Crippen molar-refractivity contribution in [3.8, 4) is 5.75 Å². The predicted molar refractivity (Wildman–Crippen MR) is 166 cm³/mol. The van der Waals surface area contributed by atoms with Crippen molar-refractivity contribution in [1.29, 1.82) is 0 Å². The maximum Gasteiger partial charge on any atom is 0.270 e. The summed E-state index contributed by atoms with van der Waals surface area (Å²) in [6.45, 7) is 4.23. The van der Waals surface area contributed by atoms with Gasteiger partial charge in [-0.25, -0.2) is 4.99 Å². The molecule has 0 saturated carbocycles. The Kier molecular flexibility index (Phi) is 9.02. The van der Waals surface area contributed by atoms with Gasteiger partial charge in [-0.15, -0.1) is 0 Å². The fourth-order valence-electron chi connectivity index (χ4n) is 4.95. The molecule has 9 nitrogen and oxygen atoms in total. The maximum absolute atomic E-state index is 13.3. The third kappa shape index (κ3) is 6.38. The molecular weight excluding hydrogens is 550 g/mol. The first-order valence-corrected chi connectivity index (χ1v) is 14.8. The largest absolute Gasteiger partial charge is 0.496 e. The summed E-state index contributed by atoms with van der Waals surface area (Å²) in [6.07, 6.45) is 0.917. The molecule has 0 saturated heterocycles. The van der Waals surface area contributed by atoms with Crippen molar-refractivity contribution in [3.63, 3.8) is 0 Å². The summed E-state index contributed by atoms with van der Waals surface area (Å²) in [5, 5.41) is 5.98. The Hall–Kier alpha value is -4.44. The molecule has 5 rings (SSSR count). The number of carbonyl (C=O) groups excluding carboxylic acids is 3. The minimum Gasteiger partial charge on any atom is -0.496 e. The number of aliphatic imine (C=N–C) groups is 2. The number of para-hydroxylation sites is 2. The van der Waals surface area contributed by atoms with Crippen LogP contribution in [0.4, 0.5) is 11.4 Å². The van der Waals surface area contributed by atoms with Crippen LogP contribution in [0.1, 0.15) is 42.9 Å². The van der Waals surface area contributed by atoms with Crippen molar-refractivity contribution < 1.29 is 19.1 Å². The lowest BCUT2D eigenvalue weighted by atomic mass is 10.1. The normalized spacial score (nSPS) is 16.1. The van der Waals surface area contributed by atoms with E-state index in [1.165, 1.54) is 11.8 Å². The van der Waals surface area contributed by atoms with Gasteiger partial charge in [0.25, 0.3) is 5.91 Å². The molecule has 2 atom stereocenters. The molecule has 3 amide bonds.